The Morgan fingerprint density at radius 3 is 1.97 bits per heavy atom. The summed E-state index contributed by atoms with van der Waals surface area (Å²) in [5.41, 5.74) is 0. The van der Waals surface area contributed by atoms with Gasteiger partial charge in [-0.3, -0.25) is 18.5 Å². The number of nitrogens with one attached hydrogen (secondary N) is 1. The van der Waals surface area contributed by atoms with Gasteiger partial charge in [-0.1, -0.05) is 6.92 Å². The molecule has 0 spiro atoms. The Balaban J connectivity index is 2.34. The molecule has 2 aliphatic rings. The first kappa shape index (κ1) is 33.8. The molecule has 0 aromatic rings. The monoisotopic (exact) mass is 633 g/mol. The predicted molar refractivity (Wildman–Crippen MR) is 119 cm³/mol. The van der Waals surface area contributed by atoms with Gasteiger partial charge in [-0.15, -0.1) is 0 Å². The molecule has 0 bridgehead atoms. The first-order chi connectivity index (χ1) is 17.7. The van der Waals surface area contributed by atoms with Gasteiger partial charge < -0.3 is 34.3 Å². The molecule has 0 aromatic carbocycles. The van der Waals surface area contributed by atoms with Crippen LogP contribution in [-0.4, -0.2) is 135 Å². The molecule has 23 heteroatoms. The zero-order valence-electron chi connectivity index (χ0n) is 19.9. The van der Waals surface area contributed by atoms with Crippen LogP contribution in [-0.2, 0) is 63.5 Å². The lowest BCUT2D eigenvalue weighted by atomic mass is 9.88. The van der Waals surface area contributed by atoms with E-state index in [0.717, 1.165) is 7.11 Å². The summed E-state index contributed by atoms with van der Waals surface area (Å²) in [5, 5.41) is 28.4. The van der Waals surface area contributed by atoms with Crippen molar-refractivity contribution in [3.8, 4) is 0 Å². The fourth-order valence-electron chi connectivity index (χ4n) is 4.08. The van der Waals surface area contributed by atoms with Crippen LogP contribution < -0.4 is 4.72 Å². The molecule has 0 aromatic heterocycles. The zero-order valence-corrected chi connectivity index (χ0v) is 22.4. The molecule has 2 aliphatic heterocycles. The summed E-state index contributed by atoms with van der Waals surface area (Å²) >= 11 is 0. The maximum atomic E-state index is 12.3. The quantitative estimate of drug-likeness (QED) is 0.105. The fraction of sp³-hybridized carbons (Fsp3) is 0.875. The van der Waals surface area contributed by atoms with Gasteiger partial charge in [0.25, 0.3) is 0 Å². The number of aliphatic carboxylic acids is 1. The van der Waals surface area contributed by atoms with E-state index in [-0.39, 0.29) is 0 Å². The van der Waals surface area contributed by atoms with Gasteiger partial charge in [0.2, 0.25) is 0 Å². The second-order valence-electron chi connectivity index (χ2n) is 8.54. The van der Waals surface area contributed by atoms with Crippen LogP contribution in [0.4, 0.5) is 0 Å². The van der Waals surface area contributed by atoms with Crippen molar-refractivity contribution in [2.75, 3.05) is 20.3 Å². The normalized spacial score (nSPS) is 36.4. The maximum Gasteiger partial charge on any atom is 0.397 e. The largest absolute Gasteiger partial charge is 0.479 e. The van der Waals surface area contributed by atoms with E-state index in [4.69, 9.17) is 28.1 Å². The number of aliphatic hydroxyl groups is 2. The molecular weight excluding hydrogens is 606 g/mol. The van der Waals surface area contributed by atoms with Gasteiger partial charge in [0.15, 0.2) is 12.4 Å². The topological polar surface area (TPSA) is 316 Å². The smallest absolute Gasteiger partial charge is 0.397 e. The van der Waals surface area contributed by atoms with Crippen molar-refractivity contribution in [1.82, 2.24) is 4.72 Å². The van der Waals surface area contributed by atoms with E-state index in [0.29, 0.717) is 0 Å². The van der Waals surface area contributed by atoms with Gasteiger partial charge >= 0.3 is 41.9 Å². The van der Waals surface area contributed by atoms with E-state index in [2.05, 4.69) is 4.18 Å². The molecule has 0 radical (unpaired) electrons. The van der Waals surface area contributed by atoms with E-state index in [1.165, 1.54) is 6.92 Å². The van der Waals surface area contributed by atoms with Crippen LogP contribution >= 0.6 is 0 Å². The molecule has 7 N–H and O–H groups in total. The third-order valence-electron chi connectivity index (χ3n) is 5.88. The Hall–Kier alpha value is -1.45. The van der Waals surface area contributed by atoms with Crippen molar-refractivity contribution in [2.45, 2.75) is 55.9 Å². The fourth-order valence-corrected chi connectivity index (χ4v) is 5.72. The number of ether oxygens (including phenoxy) is 4. The van der Waals surface area contributed by atoms with Crippen molar-refractivity contribution >= 4 is 41.9 Å². The Kier molecular flexibility index (Phi) is 10.9. The van der Waals surface area contributed by atoms with Gasteiger partial charge in [-0.25, -0.2) is 8.98 Å². The van der Waals surface area contributed by atoms with Gasteiger partial charge in [-0.05, 0) is 0 Å². The Labute approximate surface area is 221 Å². The van der Waals surface area contributed by atoms with Crippen LogP contribution in [0.3, 0.4) is 0 Å². The van der Waals surface area contributed by atoms with Gasteiger partial charge in [0, 0.05) is 18.9 Å². The van der Waals surface area contributed by atoms with E-state index in [1.54, 1.807) is 4.72 Å². The minimum absolute atomic E-state index is 0.881. The molecule has 228 valence electrons. The molecule has 2 rings (SSSR count). The zero-order chi connectivity index (χ0) is 30.1. The summed E-state index contributed by atoms with van der Waals surface area (Å²) in [4.78, 5) is 23.8. The van der Waals surface area contributed by atoms with Gasteiger partial charge in [0.1, 0.15) is 24.4 Å². The standard InChI is InChI=1S/C16H27NO19S3/c1-5-9(18)13(36-39(29,30)31)7(34-11(5)14(20)21)4-33-3-6-10(19)8(17-38(26,27)28)16(32-2)35-12(6)15(22)37(23,24)25/h5-13,16-19H,3-4H2,1-2H3,(H,20,21)(H,23,24,25)(H,26,27,28)(H,29,30,31)/t5?,6?,7?,8?,9-,10-,11-,12-,13?,16?/m0/s1. The second-order valence-corrected chi connectivity index (χ2v) is 12.1. The first-order valence-electron chi connectivity index (χ1n) is 10.6. The molecule has 0 saturated carbocycles. The van der Waals surface area contributed by atoms with E-state index >= 15 is 0 Å². The van der Waals surface area contributed by atoms with Crippen molar-refractivity contribution < 1.29 is 87.0 Å². The Bertz CT molecular complexity index is 1220. The van der Waals surface area contributed by atoms with Gasteiger partial charge in [0.05, 0.1) is 25.4 Å². The molecule has 0 aliphatic carbocycles. The summed E-state index contributed by atoms with van der Waals surface area (Å²) in [6.45, 7) is -0.653. The number of carbonyl (C=O) groups excluding carboxylic acids is 1. The van der Waals surface area contributed by atoms with E-state index in [1.807, 2.05) is 0 Å². The highest BCUT2D eigenvalue weighted by atomic mass is 32.3. The summed E-state index contributed by atoms with van der Waals surface area (Å²) in [6.07, 6.45) is -13.5. The van der Waals surface area contributed by atoms with Crippen LogP contribution in [0.15, 0.2) is 0 Å². The molecule has 2 saturated heterocycles. The molecular formula is C16H27NO19S3. The second kappa shape index (κ2) is 12.6. The number of methoxy groups -OCH3 is 1. The summed E-state index contributed by atoms with van der Waals surface area (Å²) in [6, 6.07) is -1.87. The van der Waals surface area contributed by atoms with E-state index < -0.39 is 116 Å². The summed E-state index contributed by atoms with van der Waals surface area (Å²) in [7, 11) is -14.8. The summed E-state index contributed by atoms with van der Waals surface area (Å²) < 4.78 is 122. The third-order valence-corrected chi connectivity index (χ3v) is 7.66. The highest BCUT2D eigenvalue weighted by Crippen LogP contribution is 2.32. The molecule has 6 unspecified atom stereocenters. The molecule has 39 heavy (non-hydrogen) atoms. The van der Waals surface area contributed by atoms with Crippen molar-refractivity contribution in [2.24, 2.45) is 11.8 Å². The average Bonchev–Trinajstić information content (AvgIpc) is 2.77. The van der Waals surface area contributed by atoms with Crippen molar-refractivity contribution in [1.29, 1.82) is 0 Å². The number of rotatable bonds is 11. The SMILES string of the molecule is COC1O[C@H](C(=O)S(=O)(=O)O)C(COCC2O[C@H](C(=O)O)C(C)[C@H](O)C2OS(=O)(=O)O)[C@H](O)C1NS(=O)(=O)O. The van der Waals surface area contributed by atoms with Crippen LogP contribution in [0.25, 0.3) is 0 Å². The van der Waals surface area contributed by atoms with Crippen molar-refractivity contribution in [3.05, 3.63) is 0 Å². The number of carboxylic acids is 1. The van der Waals surface area contributed by atoms with Crippen molar-refractivity contribution in [3.63, 3.8) is 0 Å². The Morgan fingerprint density at radius 1 is 0.923 bits per heavy atom. The summed E-state index contributed by atoms with van der Waals surface area (Å²) in [5.74, 6) is -4.67. The average molecular weight is 634 g/mol. The predicted octanol–water partition coefficient (Wildman–Crippen LogP) is -4.44. The van der Waals surface area contributed by atoms with Crippen LogP contribution in [0.5, 0.6) is 0 Å². The lowest BCUT2D eigenvalue weighted by Gasteiger charge is -2.43. The number of carboxylic acid groups (broad SMARTS) is 1. The molecule has 0 amide bonds. The minimum Gasteiger partial charge on any atom is -0.479 e. The number of hydrogen-bond donors (Lipinski definition) is 7. The first-order valence-corrected chi connectivity index (χ1v) is 14.8. The number of hydrogen-bond acceptors (Lipinski definition) is 15. The van der Waals surface area contributed by atoms with Gasteiger partial charge in [-0.2, -0.15) is 30.0 Å². The van der Waals surface area contributed by atoms with Crippen LogP contribution in [0.1, 0.15) is 6.92 Å². The molecule has 20 nitrogen and oxygen atoms in total. The van der Waals surface area contributed by atoms with Crippen LogP contribution in [0, 0.1) is 11.8 Å². The number of aliphatic hydroxyl groups excluding tert-OH is 2. The third kappa shape index (κ3) is 8.77. The highest BCUT2D eigenvalue weighted by molar-refractivity contribution is 8.01. The lowest BCUT2D eigenvalue weighted by Crippen LogP contribution is -2.64. The minimum atomic E-state index is -5.46. The highest BCUT2D eigenvalue weighted by Gasteiger charge is 2.53. The Morgan fingerprint density at radius 2 is 1.51 bits per heavy atom. The molecule has 2 heterocycles. The lowest BCUT2D eigenvalue weighted by molar-refractivity contribution is -0.243. The maximum absolute atomic E-state index is 12.3. The molecule has 10 atom stereocenters. The van der Waals surface area contributed by atoms with Crippen LogP contribution in [0.2, 0.25) is 0 Å². The molecule has 2 fully saturated rings. The van der Waals surface area contributed by atoms with E-state index in [9.17, 15) is 54.7 Å². The number of carbonyl (C=O) groups is 2.